The Labute approximate surface area is 186 Å². The van der Waals surface area contributed by atoms with Crippen LogP contribution in [0, 0.1) is 29.1 Å². The van der Waals surface area contributed by atoms with Gasteiger partial charge in [-0.1, -0.05) is 23.4 Å². The van der Waals surface area contributed by atoms with Crippen molar-refractivity contribution >= 4 is 45.8 Å². The minimum Gasteiger partial charge on any atom is -0.480 e. The summed E-state index contributed by atoms with van der Waals surface area (Å²) in [4.78, 5) is 29.3. The monoisotopic (exact) mass is 445 g/mol. The number of hydrogen-bond donors (Lipinski definition) is 1. The molecule has 6 heteroatoms. The lowest BCUT2D eigenvalue weighted by molar-refractivity contribution is -0.138. The SMILES string of the molecule is O=C(O)C1CC(=O)C(CCC23CC4CC(CC(C4)C2)C3)/C(=N\c2ccc(Cl)cc2)S1. The molecular weight excluding hydrogens is 418 g/mol. The Balaban J connectivity index is 1.36. The van der Waals surface area contributed by atoms with Crippen molar-refractivity contribution in [2.75, 3.05) is 0 Å². The number of Topliss-reactive ketones (excluding diaryl/α,β-unsaturated/α-hetero) is 1. The van der Waals surface area contributed by atoms with Gasteiger partial charge < -0.3 is 5.11 Å². The molecule has 30 heavy (non-hydrogen) atoms. The van der Waals surface area contributed by atoms with Gasteiger partial charge in [-0.15, -0.1) is 0 Å². The van der Waals surface area contributed by atoms with Crippen LogP contribution in [0.5, 0.6) is 0 Å². The molecule has 1 aromatic rings. The van der Waals surface area contributed by atoms with E-state index in [-0.39, 0.29) is 18.1 Å². The molecule has 4 bridgehead atoms. The van der Waals surface area contributed by atoms with Crippen molar-refractivity contribution in [1.29, 1.82) is 0 Å². The number of nitrogens with zero attached hydrogens (tertiary/aromatic N) is 1. The predicted molar refractivity (Wildman–Crippen MR) is 121 cm³/mol. The van der Waals surface area contributed by atoms with E-state index in [1.807, 2.05) is 12.1 Å². The third kappa shape index (κ3) is 4.08. The van der Waals surface area contributed by atoms with Gasteiger partial charge >= 0.3 is 5.97 Å². The van der Waals surface area contributed by atoms with Crippen LogP contribution in [0.15, 0.2) is 29.3 Å². The summed E-state index contributed by atoms with van der Waals surface area (Å²) in [6, 6.07) is 7.19. The second-order valence-electron chi connectivity index (χ2n) is 10.1. The van der Waals surface area contributed by atoms with Gasteiger partial charge in [0.05, 0.1) is 16.6 Å². The van der Waals surface area contributed by atoms with Crippen molar-refractivity contribution in [1.82, 2.24) is 0 Å². The summed E-state index contributed by atoms with van der Waals surface area (Å²) in [5.41, 5.74) is 1.13. The quantitative estimate of drug-likeness (QED) is 0.590. The molecule has 1 N–H and O–H groups in total. The molecule has 4 nitrogen and oxygen atoms in total. The molecule has 1 saturated heterocycles. The summed E-state index contributed by atoms with van der Waals surface area (Å²) in [6.07, 6.45) is 10.2. The first-order valence-corrected chi connectivity index (χ1v) is 12.4. The normalized spacial score (nSPS) is 38.9. The second kappa shape index (κ2) is 7.98. The number of benzene rings is 1. The predicted octanol–water partition coefficient (Wildman–Crippen LogP) is 6.14. The molecule has 160 valence electrons. The number of carbonyl (C=O) groups is 2. The highest BCUT2D eigenvalue weighted by Gasteiger charge is 2.51. The van der Waals surface area contributed by atoms with Gasteiger partial charge in [-0.25, -0.2) is 4.99 Å². The van der Waals surface area contributed by atoms with Crippen LogP contribution in [0.2, 0.25) is 5.02 Å². The lowest BCUT2D eigenvalue weighted by atomic mass is 9.48. The van der Waals surface area contributed by atoms with Gasteiger partial charge in [0.25, 0.3) is 0 Å². The molecule has 6 rings (SSSR count). The Bertz CT molecular complexity index is 846. The molecule has 5 fully saturated rings. The molecule has 2 atom stereocenters. The van der Waals surface area contributed by atoms with Crippen LogP contribution >= 0.6 is 23.4 Å². The topological polar surface area (TPSA) is 66.7 Å². The number of aliphatic imine (C=N–C) groups is 1. The molecule has 1 aromatic carbocycles. The number of aliphatic carboxylic acids is 1. The number of carboxylic acid groups (broad SMARTS) is 1. The number of halogens is 1. The Kier molecular flexibility index (Phi) is 5.47. The number of carbonyl (C=O) groups excluding carboxylic acids is 1. The van der Waals surface area contributed by atoms with E-state index in [0.29, 0.717) is 15.5 Å². The molecule has 0 amide bonds. The summed E-state index contributed by atoms with van der Waals surface area (Å²) in [5, 5.41) is 10.1. The largest absolute Gasteiger partial charge is 0.480 e. The van der Waals surface area contributed by atoms with Crippen LogP contribution < -0.4 is 0 Å². The molecule has 2 unspecified atom stereocenters. The maximum Gasteiger partial charge on any atom is 0.317 e. The first kappa shape index (κ1) is 20.6. The first-order chi connectivity index (χ1) is 14.4. The van der Waals surface area contributed by atoms with Crippen molar-refractivity contribution in [3.8, 4) is 0 Å². The van der Waals surface area contributed by atoms with Gasteiger partial charge in [-0.05, 0) is 98.8 Å². The Morgan fingerprint density at radius 2 is 1.70 bits per heavy atom. The molecular formula is C24H28ClNO3S. The van der Waals surface area contributed by atoms with Crippen molar-refractivity contribution in [3.63, 3.8) is 0 Å². The number of hydrogen-bond acceptors (Lipinski definition) is 4. The Morgan fingerprint density at radius 1 is 1.10 bits per heavy atom. The molecule has 4 saturated carbocycles. The summed E-state index contributed by atoms with van der Waals surface area (Å²) < 4.78 is 0. The number of ketones is 1. The molecule has 0 spiro atoms. The van der Waals surface area contributed by atoms with Crippen molar-refractivity contribution in [2.45, 2.75) is 63.0 Å². The standard InChI is InChI=1S/C24H28ClNO3S/c25-17-1-3-18(4-2-17)26-22-19(20(27)10-21(30-22)23(28)29)5-6-24-11-14-7-15(12-24)9-16(8-14)13-24/h1-4,14-16,19,21H,5-13H2,(H,28,29)/b26-22+. The maximum absolute atomic E-state index is 13.0. The zero-order chi connectivity index (χ0) is 20.9. The van der Waals surface area contributed by atoms with Crippen LogP contribution in [0.1, 0.15) is 57.8 Å². The van der Waals surface area contributed by atoms with E-state index >= 15 is 0 Å². The van der Waals surface area contributed by atoms with E-state index in [2.05, 4.69) is 0 Å². The van der Waals surface area contributed by atoms with Gasteiger partial charge in [0, 0.05) is 11.4 Å². The van der Waals surface area contributed by atoms with E-state index in [9.17, 15) is 14.7 Å². The smallest absolute Gasteiger partial charge is 0.317 e. The molecule has 5 aliphatic rings. The van der Waals surface area contributed by atoms with E-state index in [1.165, 1.54) is 50.3 Å². The summed E-state index contributed by atoms with van der Waals surface area (Å²) in [6.45, 7) is 0. The van der Waals surface area contributed by atoms with E-state index in [4.69, 9.17) is 16.6 Å². The van der Waals surface area contributed by atoms with Crippen molar-refractivity contribution in [3.05, 3.63) is 29.3 Å². The third-order valence-corrected chi connectivity index (χ3v) is 9.33. The minimum absolute atomic E-state index is 0.0404. The lowest BCUT2D eigenvalue weighted by Gasteiger charge is -2.57. The average molecular weight is 446 g/mol. The van der Waals surface area contributed by atoms with Gasteiger partial charge in [-0.3, -0.25) is 9.59 Å². The van der Waals surface area contributed by atoms with E-state index in [1.54, 1.807) is 12.1 Å². The van der Waals surface area contributed by atoms with Gasteiger partial charge in [0.2, 0.25) is 0 Å². The fourth-order valence-corrected chi connectivity index (χ4v) is 8.29. The maximum atomic E-state index is 13.0. The highest BCUT2D eigenvalue weighted by molar-refractivity contribution is 8.15. The van der Waals surface area contributed by atoms with Gasteiger partial charge in [0.1, 0.15) is 11.0 Å². The van der Waals surface area contributed by atoms with Crippen molar-refractivity contribution in [2.24, 2.45) is 34.1 Å². The Hall–Kier alpha value is -1.33. The zero-order valence-electron chi connectivity index (χ0n) is 17.1. The van der Waals surface area contributed by atoms with Gasteiger partial charge in [-0.2, -0.15) is 0 Å². The number of carboxylic acids is 1. The molecule has 1 heterocycles. The number of rotatable bonds is 5. The average Bonchev–Trinajstić information content (AvgIpc) is 2.68. The first-order valence-electron chi connectivity index (χ1n) is 11.2. The molecule has 4 aliphatic carbocycles. The van der Waals surface area contributed by atoms with Crippen LogP contribution in [-0.2, 0) is 9.59 Å². The molecule has 0 aromatic heterocycles. The van der Waals surface area contributed by atoms with Crippen LogP contribution in [-0.4, -0.2) is 27.2 Å². The van der Waals surface area contributed by atoms with Crippen molar-refractivity contribution < 1.29 is 14.7 Å². The second-order valence-corrected chi connectivity index (χ2v) is 11.7. The fraction of sp³-hybridized carbons (Fsp3) is 0.625. The van der Waals surface area contributed by atoms with E-state index < -0.39 is 11.2 Å². The number of thioether (sulfide) groups is 1. The highest BCUT2D eigenvalue weighted by Crippen LogP contribution is 2.62. The van der Waals surface area contributed by atoms with Gasteiger partial charge in [0.15, 0.2) is 0 Å². The Morgan fingerprint density at radius 3 is 2.27 bits per heavy atom. The fourth-order valence-electron chi connectivity index (χ4n) is 6.95. The van der Waals surface area contributed by atoms with Crippen LogP contribution in [0.3, 0.4) is 0 Å². The third-order valence-electron chi connectivity index (χ3n) is 7.81. The minimum atomic E-state index is -0.934. The van der Waals surface area contributed by atoms with Crippen LogP contribution in [0.25, 0.3) is 0 Å². The molecule has 0 radical (unpaired) electrons. The van der Waals surface area contributed by atoms with E-state index in [0.717, 1.165) is 36.3 Å². The zero-order valence-corrected chi connectivity index (χ0v) is 18.6. The summed E-state index contributed by atoms with van der Waals surface area (Å²) in [5.74, 6) is 1.52. The lowest BCUT2D eigenvalue weighted by Crippen LogP contribution is -2.46. The van der Waals surface area contributed by atoms with Crippen LogP contribution in [0.4, 0.5) is 5.69 Å². The summed E-state index contributed by atoms with van der Waals surface area (Å²) in [7, 11) is 0. The molecule has 1 aliphatic heterocycles. The summed E-state index contributed by atoms with van der Waals surface area (Å²) >= 11 is 7.25. The highest BCUT2D eigenvalue weighted by atomic mass is 35.5.